The Balaban J connectivity index is 1.68. The molecule has 2 aromatic heterocycles. The van der Waals surface area contributed by atoms with Crippen LogP contribution in [0.5, 0.6) is 5.75 Å². The van der Waals surface area contributed by atoms with Gasteiger partial charge in [0.2, 0.25) is 0 Å². The Labute approximate surface area is 180 Å². The molecule has 1 aromatic carbocycles. The lowest BCUT2D eigenvalue weighted by Gasteiger charge is -2.29. The Morgan fingerprint density at radius 2 is 2.00 bits per heavy atom. The number of fused-ring (bicyclic) bond motifs is 5. The second kappa shape index (κ2) is 7.94. The van der Waals surface area contributed by atoms with Gasteiger partial charge in [0, 0.05) is 18.2 Å². The third-order valence-electron chi connectivity index (χ3n) is 6.59. The van der Waals surface area contributed by atoms with Crippen molar-refractivity contribution in [3.8, 4) is 5.75 Å². The van der Waals surface area contributed by atoms with Crippen LogP contribution >= 0.6 is 0 Å². The topological polar surface area (TPSA) is 50.3 Å². The summed E-state index contributed by atoms with van der Waals surface area (Å²) in [4.78, 5) is 11.2. The molecule has 2 bridgehead atoms. The number of ether oxygens (including phenoxy) is 1. The molecule has 0 aliphatic carbocycles. The van der Waals surface area contributed by atoms with E-state index in [9.17, 15) is 8.78 Å². The zero-order valence-corrected chi connectivity index (χ0v) is 17.7. The molecule has 2 aliphatic heterocycles. The highest BCUT2D eigenvalue weighted by Gasteiger charge is 2.31. The van der Waals surface area contributed by atoms with Crippen molar-refractivity contribution in [3.63, 3.8) is 0 Å². The number of pyridine rings is 2. The van der Waals surface area contributed by atoms with Crippen LogP contribution in [0.2, 0.25) is 0 Å². The van der Waals surface area contributed by atoms with E-state index < -0.39 is 5.82 Å². The summed E-state index contributed by atoms with van der Waals surface area (Å²) in [6.07, 6.45) is 3.86. The predicted octanol–water partition coefficient (Wildman–Crippen LogP) is 5.47. The lowest BCUT2D eigenvalue weighted by molar-refractivity contribution is 0.272. The Kier molecular flexibility index (Phi) is 5.12. The maximum atomic E-state index is 14.8. The van der Waals surface area contributed by atoms with E-state index in [0.29, 0.717) is 23.3 Å². The van der Waals surface area contributed by atoms with Crippen molar-refractivity contribution in [2.75, 3.05) is 23.4 Å². The van der Waals surface area contributed by atoms with E-state index in [0.717, 1.165) is 42.9 Å². The zero-order valence-electron chi connectivity index (χ0n) is 17.7. The number of rotatable bonds is 0. The minimum Gasteiger partial charge on any atom is -0.493 e. The van der Waals surface area contributed by atoms with E-state index in [2.05, 4.69) is 22.1 Å². The maximum absolute atomic E-state index is 14.8. The van der Waals surface area contributed by atoms with Gasteiger partial charge in [0.25, 0.3) is 0 Å². The lowest BCUT2D eigenvalue weighted by Crippen LogP contribution is -2.27. The van der Waals surface area contributed by atoms with E-state index in [1.54, 1.807) is 12.1 Å². The van der Waals surface area contributed by atoms with Crippen LogP contribution in [0.3, 0.4) is 0 Å². The van der Waals surface area contributed by atoms with Gasteiger partial charge in [-0.15, -0.1) is 0 Å². The molecule has 0 unspecified atom stereocenters. The number of benzene rings is 1. The fourth-order valence-electron chi connectivity index (χ4n) is 4.58. The number of hydrogen-bond donors (Lipinski definition) is 1. The zero-order chi connectivity index (χ0) is 21.5. The molecule has 4 heterocycles. The van der Waals surface area contributed by atoms with Gasteiger partial charge in [0.05, 0.1) is 24.4 Å². The molecule has 3 aromatic rings. The molecule has 2 aliphatic rings. The summed E-state index contributed by atoms with van der Waals surface area (Å²) in [6, 6.07) is 8.49. The van der Waals surface area contributed by atoms with Crippen LogP contribution in [-0.2, 0) is 0 Å². The first-order valence-corrected chi connectivity index (χ1v) is 10.9. The molecule has 162 valence electrons. The number of halogens is 2. The molecule has 1 N–H and O–H groups in total. The van der Waals surface area contributed by atoms with E-state index in [4.69, 9.17) is 9.72 Å². The first-order valence-electron chi connectivity index (χ1n) is 10.9. The molecular formula is C24H26F2N4O. The minimum absolute atomic E-state index is 0.00400. The van der Waals surface area contributed by atoms with Crippen molar-refractivity contribution < 1.29 is 13.5 Å². The van der Waals surface area contributed by atoms with Gasteiger partial charge in [0.15, 0.2) is 5.82 Å². The molecule has 5 nitrogen and oxygen atoms in total. The molecule has 0 radical (unpaired) electrons. The molecule has 0 amide bonds. The Hall–Kier alpha value is -2.96. The molecule has 0 saturated carbocycles. The highest BCUT2D eigenvalue weighted by atomic mass is 19.1. The number of aromatic nitrogens is 2. The summed E-state index contributed by atoms with van der Waals surface area (Å²) in [5.74, 6) is 0.989. The molecule has 1 fully saturated rings. The largest absolute Gasteiger partial charge is 0.493 e. The predicted molar refractivity (Wildman–Crippen MR) is 118 cm³/mol. The van der Waals surface area contributed by atoms with Gasteiger partial charge in [-0.3, -0.25) is 4.98 Å². The van der Waals surface area contributed by atoms with E-state index in [-0.39, 0.29) is 23.8 Å². The fraction of sp³-hybridized carbons (Fsp3) is 0.417. The second-order valence-electron chi connectivity index (χ2n) is 8.60. The monoisotopic (exact) mass is 424 g/mol. The highest BCUT2D eigenvalue weighted by Crippen LogP contribution is 2.41. The van der Waals surface area contributed by atoms with Gasteiger partial charge in [-0.1, -0.05) is 6.92 Å². The molecular weight excluding hydrogens is 398 g/mol. The number of anilines is 2. The van der Waals surface area contributed by atoms with Crippen molar-refractivity contribution in [2.24, 2.45) is 5.92 Å². The van der Waals surface area contributed by atoms with Crippen LogP contribution in [-0.4, -0.2) is 29.2 Å². The summed E-state index contributed by atoms with van der Waals surface area (Å²) < 4.78 is 35.1. The summed E-state index contributed by atoms with van der Waals surface area (Å²) in [6.45, 7) is 5.44. The average Bonchev–Trinajstić information content (AvgIpc) is 3.25. The molecule has 3 atom stereocenters. The summed E-state index contributed by atoms with van der Waals surface area (Å²) in [5.41, 5.74) is 2.39. The van der Waals surface area contributed by atoms with E-state index >= 15 is 0 Å². The van der Waals surface area contributed by atoms with Gasteiger partial charge < -0.3 is 15.0 Å². The normalized spacial score (nSPS) is 23.6. The third-order valence-corrected chi connectivity index (χ3v) is 6.59. The second-order valence-corrected chi connectivity index (χ2v) is 8.60. The SMILES string of the molecule is C[C@@H]1CCOc2ccc(F)cc2[C@H]2CCCN2c2ccc3ncc(F)c(c3n2)N[C@@H]1C. The average molecular weight is 424 g/mol. The van der Waals surface area contributed by atoms with Crippen LogP contribution in [0, 0.1) is 17.6 Å². The first-order chi connectivity index (χ1) is 15.0. The Morgan fingerprint density at radius 3 is 2.87 bits per heavy atom. The Bertz CT molecular complexity index is 1120. The third kappa shape index (κ3) is 3.66. The van der Waals surface area contributed by atoms with Crippen LogP contribution in [0.1, 0.15) is 44.7 Å². The van der Waals surface area contributed by atoms with Crippen molar-refractivity contribution in [1.29, 1.82) is 0 Å². The fourth-order valence-corrected chi connectivity index (χ4v) is 4.58. The summed E-state index contributed by atoms with van der Waals surface area (Å²) >= 11 is 0. The molecule has 0 spiro atoms. The number of nitrogens with one attached hydrogen (secondary N) is 1. The molecule has 7 heteroatoms. The minimum atomic E-state index is -0.412. The van der Waals surface area contributed by atoms with Crippen LogP contribution in [0.15, 0.2) is 36.5 Å². The lowest BCUT2D eigenvalue weighted by atomic mass is 9.99. The van der Waals surface area contributed by atoms with E-state index in [1.165, 1.54) is 12.3 Å². The number of hydrogen-bond acceptors (Lipinski definition) is 5. The summed E-state index contributed by atoms with van der Waals surface area (Å²) in [5, 5.41) is 3.33. The van der Waals surface area contributed by atoms with Gasteiger partial charge in [-0.05, 0) is 62.4 Å². The quantitative estimate of drug-likeness (QED) is 0.519. The van der Waals surface area contributed by atoms with Crippen LogP contribution in [0.25, 0.3) is 11.0 Å². The van der Waals surface area contributed by atoms with Gasteiger partial charge in [0.1, 0.15) is 28.6 Å². The van der Waals surface area contributed by atoms with Gasteiger partial charge in [-0.2, -0.15) is 0 Å². The summed E-state index contributed by atoms with van der Waals surface area (Å²) in [7, 11) is 0. The number of nitrogens with zero attached hydrogens (tertiary/aromatic N) is 3. The smallest absolute Gasteiger partial charge is 0.166 e. The van der Waals surface area contributed by atoms with Crippen molar-refractivity contribution in [1.82, 2.24) is 9.97 Å². The van der Waals surface area contributed by atoms with Crippen molar-refractivity contribution in [2.45, 2.75) is 45.2 Å². The van der Waals surface area contributed by atoms with Gasteiger partial charge >= 0.3 is 0 Å². The molecule has 5 rings (SSSR count). The van der Waals surface area contributed by atoms with Crippen molar-refractivity contribution >= 4 is 22.5 Å². The molecule has 1 saturated heterocycles. The maximum Gasteiger partial charge on any atom is 0.166 e. The van der Waals surface area contributed by atoms with Crippen LogP contribution < -0.4 is 15.0 Å². The standard InChI is InChI=1S/C24H26F2N4O/c1-14-9-11-31-21-7-5-16(25)12-17(21)20-4-3-10-30(20)22-8-6-19-24(29-22)23(28-15(14)2)18(26)13-27-19/h5-8,12-15,20,28H,3-4,9-11H2,1-2H3/t14-,15-,20-/m1/s1. The first kappa shape index (κ1) is 20.0. The Morgan fingerprint density at radius 1 is 1.13 bits per heavy atom. The van der Waals surface area contributed by atoms with Crippen molar-refractivity contribution in [3.05, 3.63) is 53.7 Å². The van der Waals surface area contributed by atoms with Gasteiger partial charge in [-0.25, -0.2) is 13.8 Å². The highest BCUT2D eigenvalue weighted by molar-refractivity contribution is 5.89. The van der Waals surface area contributed by atoms with E-state index in [1.807, 2.05) is 19.1 Å². The van der Waals surface area contributed by atoms with Crippen LogP contribution in [0.4, 0.5) is 20.3 Å². The molecule has 31 heavy (non-hydrogen) atoms.